The van der Waals surface area contributed by atoms with Gasteiger partial charge in [0.2, 0.25) is 0 Å². The first-order valence-electron chi connectivity index (χ1n) is 11.2. The molecule has 33 heavy (non-hydrogen) atoms. The van der Waals surface area contributed by atoms with Gasteiger partial charge >= 0.3 is 12.1 Å². The van der Waals surface area contributed by atoms with Crippen LogP contribution in [0.25, 0.3) is 11.1 Å². The number of hydroxylamine groups is 2. The van der Waals surface area contributed by atoms with E-state index in [-0.39, 0.29) is 30.9 Å². The maximum atomic E-state index is 12.8. The Labute approximate surface area is 192 Å². The van der Waals surface area contributed by atoms with Gasteiger partial charge in [-0.25, -0.2) is 14.7 Å². The second-order valence-electron chi connectivity index (χ2n) is 8.51. The summed E-state index contributed by atoms with van der Waals surface area (Å²) in [6.07, 6.45) is 2.22. The molecule has 1 atom stereocenters. The van der Waals surface area contributed by atoms with E-state index in [9.17, 15) is 14.4 Å². The van der Waals surface area contributed by atoms with E-state index in [1.165, 1.54) is 7.05 Å². The van der Waals surface area contributed by atoms with Gasteiger partial charge in [0.05, 0.1) is 5.92 Å². The molecule has 2 aliphatic rings. The van der Waals surface area contributed by atoms with E-state index in [0.717, 1.165) is 46.6 Å². The molecule has 2 N–H and O–H groups in total. The average Bonchev–Trinajstić information content (AvgIpc) is 3.10. The van der Waals surface area contributed by atoms with Crippen LogP contribution in [0.2, 0.25) is 0 Å². The Morgan fingerprint density at radius 1 is 1.06 bits per heavy atom. The van der Waals surface area contributed by atoms with Crippen molar-refractivity contribution in [2.45, 2.75) is 25.2 Å². The quantitative estimate of drug-likeness (QED) is 0.565. The van der Waals surface area contributed by atoms with Gasteiger partial charge in [0.25, 0.3) is 5.91 Å². The molecule has 1 fully saturated rings. The predicted octanol–water partition coefficient (Wildman–Crippen LogP) is 3.42. The summed E-state index contributed by atoms with van der Waals surface area (Å²) in [5.74, 6) is -1.91. The van der Waals surface area contributed by atoms with E-state index in [2.05, 4.69) is 29.6 Å². The standard InChI is InChI=1S/C25H28N2O6/c1-27(33-15-23(28)29)24(30)21(16-7-6-8-16)13-26-25(31)32-14-22-19-11-4-2-9-17(19)18-10-3-5-12-20(18)22/h2-5,9-12,16,21-22H,6-8,13-15H2,1H3,(H,26,31)(H,28,29). The second kappa shape index (κ2) is 10.0. The van der Waals surface area contributed by atoms with Crippen LogP contribution in [-0.4, -0.2) is 54.9 Å². The van der Waals surface area contributed by atoms with Gasteiger partial charge in [-0.1, -0.05) is 55.0 Å². The average molecular weight is 453 g/mol. The van der Waals surface area contributed by atoms with Crippen molar-refractivity contribution >= 4 is 18.0 Å². The number of carboxylic acid groups (broad SMARTS) is 1. The number of nitrogens with zero attached hydrogens (tertiary/aromatic N) is 1. The maximum absolute atomic E-state index is 12.8. The summed E-state index contributed by atoms with van der Waals surface area (Å²) < 4.78 is 5.56. The fourth-order valence-electron chi connectivity index (χ4n) is 4.59. The van der Waals surface area contributed by atoms with Crippen LogP contribution in [0, 0.1) is 11.8 Å². The molecule has 0 radical (unpaired) electrons. The van der Waals surface area contributed by atoms with Gasteiger partial charge < -0.3 is 15.2 Å². The van der Waals surface area contributed by atoms with Crippen LogP contribution in [0.1, 0.15) is 36.3 Å². The van der Waals surface area contributed by atoms with Gasteiger partial charge in [-0.05, 0) is 41.0 Å². The molecule has 0 aliphatic heterocycles. The Bertz CT molecular complexity index is 990. The topological polar surface area (TPSA) is 105 Å². The minimum absolute atomic E-state index is 0.0391. The molecule has 2 amide bonds. The highest BCUT2D eigenvalue weighted by molar-refractivity contribution is 5.80. The molecule has 1 unspecified atom stereocenters. The van der Waals surface area contributed by atoms with E-state index in [1.807, 2.05) is 24.3 Å². The Balaban J connectivity index is 1.34. The summed E-state index contributed by atoms with van der Waals surface area (Å²) in [5.41, 5.74) is 4.57. The number of amides is 2. The summed E-state index contributed by atoms with van der Waals surface area (Å²) in [5, 5.41) is 12.4. The third-order valence-corrected chi connectivity index (χ3v) is 6.54. The smallest absolute Gasteiger partial charge is 0.407 e. The number of nitrogens with one attached hydrogen (secondary N) is 1. The molecule has 8 heteroatoms. The van der Waals surface area contributed by atoms with Crippen LogP contribution in [0.15, 0.2) is 48.5 Å². The lowest BCUT2D eigenvalue weighted by atomic mass is 9.75. The molecular formula is C25H28N2O6. The van der Waals surface area contributed by atoms with Gasteiger partial charge in [0.15, 0.2) is 6.61 Å². The van der Waals surface area contributed by atoms with E-state index in [1.54, 1.807) is 0 Å². The summed E-state index contributed by atoms with van der Waals surface area (Å²) in [7, 11) is 1.39. The lowest BCUT2D eigenvalue weighted by Crippen LogP contribution is -2.45. The fraction of sp³-hybridized carbons (Fsp3) is 0.400. The molecular weight excluding hydrogens is 424 g/mol. The second-order valence-corrected chi connectivity index (χ2v) is 8.51. The monoisotopic (exact) mass is 452 g/mol. The molecule has 2 aromatic carbocycles. The highest BCUT2D eigenvalue weighted by Gasteiger charge is 2.35. The normalized spacial score (nSPS) is 15.7. The molecule has 0 heterocycles. The number of ether oxygens (including phenoxy) is 1. The van der Waals surface area contributed by atoms with Crippen molar-refractivity contribution in [3.8, 4) is 11.1 Å². The molecule has 0 bridgehead atoms. The summed E-state index contributed by atoms with van der Waals surface area (Å²) in [6.45, 7) is -0.288. The third kappa shape index (κ3) is 5.01. The van der Waals surface area contributed by atoms with Crippen LogP contribution in [-0.2, 0) is 19.2 Å². The lowest BCUT2D eigenvalue weighted by Gasteiger charge is -2.34. The van der Waals surface area contributed by atoms with Crippen LogP contribution in [0.4, 0.5) is 4.79 Å². The maximum Gasteiger partial charge on any atom is 0.407 e. The molecule has 0 aromatic heterocycles. The zero-order chi connectivity index (χ0) is 23.4. The number of hydrogen-bond donors (Lipinski definition) is 2. The van der Waals surface area contributed by atoms with Gasteiger partial charge in [0.1, 0.15) is 6.61 Å². The van der Waals surface area contributed by atoms with Crippen LogP contribution >= 0.6 is 0 Å². The lowest BCUT2D eigenvalue weighted by molar-refractivity contribution is -0.191. The Hall–Kier alpha value is -3.39. The zero-order valence-electron chi connectivity index (χ0n) is 18.5. The first-order chi connectivity index (χ1) is 16.0. The number of benzene rings is 2. The van der Waals surface area contributed by atoms with Crippen molar-refractivity contribution in [1.82, 2.24) is 10.4 Å². The SMILES string of the molecule is CN(OCC(=O)O)C(=O)C(CNC(=O)OCC1c2ccccc2-c2ccccc21)C1CCC1. The van der Waals surface area contributed by atoms with Crippen molar-refractivity contribution < 1.29 is 29.1 Å². The number of carboxylic acids is 1. The Kier molecular flexibility index (Phi) is 6.93. The largest absolute Gasteiger partial charge is 0.479 e. The molecule has 0 spiro atoms. The van der Waals surface area contributed by atoms with Crippen molar-refractivity contribution in [2.75, 3.05) is 26.8 Å². The Morgan fingerprint density at radius 3 is 2.21 bits per heavy atom. The number of fused-ring (bicyclic) bond motifs is 3. The van der Waals surface area contributed by atoms with Gasteiger partial charge in [0, 0.05) is 19.5 Å². The number of rotatable bonds is 9. The highest BCUT2D eigenvalue weighted by Crippen LogP contribution is 2.44. The first kappa shape index (κ1) is 22.8. The summed E-state index contributed by atoms with van der Waals surface area (Å²) in [6, 6.07) is 16.2. The van der Waals surface area contributed by atoms with Crippen LogP contribution in [0.3, 0.4) is 0 Å². The molecule has 8 nitrogen and oxygen atoms in total. The van der Waals surface area contributed by atoms with E-state index < -0.39 is 24.6 Å². The molecule has 4 rings (SSSR count). The van der Waals surface area contributed by atoms with Crippen molar-refractivity contribution in [3.63, 3.8) is 0 Å². The Morgan fingerprint density at radius 2 is 1.67 bits per heavy atom. The number of carbonyl (C=O) groups is 3. The minimum atomic E-state index is -1.16. The molecule has 1 saturated carbocycles. The van der Waals surface area contributed by atoms with Gasteiger partial charge in [-0.2, -0.15) is 0 Å². The van der Waals surface area contributed by atoms with Crippen LogP contribution in [0.5, 0.6) is 0 Å². The van der Waals surface area contributed by atoms with E-state index >= 15 is 0 Å². The molecule has 174 valence electrons. The van der Waals surface area contributed by atoms with Crippen molar-refractivity contribution in [3.05, 3.63) is 59.7 Å². The molecule has 2 aromatic rings. The molecule has 0 saturated heterocycles. The third-order valence-electron chi connectivity index (χ3n) is 6.54. The fourth-order valence-corrected chi connectivity index (χ4v) is 4.59. The van der Waals surface area contributed by atoms with Crippen molar-refractivity contribution in [1.29, 1.82) is 0 Å². The number of carbonyl (C=O) groups excluding carboxylic acids is 2. The number of aliphatic carboxylic acids is 1. The van der Waals surface area contributed by atoms with Crippen LogP contribution < -0.4 is 5.32 Å². The molecule has 2 aliphatic carbocycles. The number of hydrogen-bond acceptors (Lipinski definition) is 5. The van der Waals surface area contributed by atoms with E-state index in [0.29, 0.717) is 0 Å². The van der Waals surface area contributed by atoms with Crippen molar-refractivity contribution in [2.24, 2.45) is 11.8 Å². The number of alkyl carbamates (subject to hydrolysis) is 1. The van der Waals surface area contributed by atoms with Gasteiger partial charge in [-0.15, -0.1) is 0 Å². The minimum Gasteiger partial charge on any atom is -0.479 e. The first-order valence-corrected chi connectivity index (χ1v) is 11.2. The summed E-state index contributed by atoms with van der Waals surface area (Å²) in [4.78, 5) is 41.0. The van der Waals surface area contributed by atoms with E-state index in [4.69, 9.17) is 14.7 Å². The van der Waals surface area contributed by atoms with Gasteiger partial charge in [-0.3, -0.25) is 9.63 Å². The predicted molar refractivity (Wildman–Crippen MR) is 120 cm³/mol. The zero-order valence-corrected chi connectivity index (χ0v) is 18.5. The highest BCUT2D eigenvalue weighted by atomic mass is 16.7. The summed E-state index contributed by atoms with van der Waals surface area (Å²) >= 11 is 0.